The number of ether oxygens (including phenoxy) is 1. The van der Waals surface area contributed by atoms with Gasteiger partial charge in [0.2, 0.25) is 5.95 Å². The second-order valence-corrected chi connectivity index (χ2v) is 5.84. The number of H-pyrrole nitrogens is 1. The largest absolute Gasteiger partial charge is 0.507 e. The van der Waals surface area contributed by atoms with Crippen LogP contribution in [-0.4, -0.2) is 60.5 Å². The van der Waals surface area contributed by atoms with E-state index in [4.69, 9.17) is 4.74 Å². The summed E-state index contributed by atoms with van der Waals surface area (Å²) in [5, 5.41) is 45.8. The number of benzene rings is 1. The fourth-order valence-electron chi connectivity index (χ4n) is 2.48. The Balaban J connectivity index is 1.86. The molecule has 6 N–H and O–H groups in total. The van der Waals surface area contributed by atoms with Gasteiger partial charge in [0, 0.05) is 18.2 Å². The van der Waals surface area contributed by atoms with Crippen LogP contribution in [0.1, 0.15) is 18.9 Å². The number of fused-ring (bicyclic) bond motifs is 1. The van der Waals surface area contributed by atoms with Gasteiger partial charge in [-0.05, 0) is 12.5 Å². The Kier molecular flexibility index (Phi) is 5.41. The van der Waals surface area contributed by atoms with Crippen molar-refractivity contribution in [1.29, 1.82) is 0 Å². The van der Waals surface area contributed by atoms with Crippen molar-refractivity contribution in [3.63, 3.8) is 0 Å². The predicted molar refractivity (Wildman–Crippen MR) is 97.9 cm³/mol. The van der Waals surface area contributed by atoms with Crippen molar-refractivity contribution in [2.24, 2.45) is 0 Å². The lowest BCUT2D eigenvalue weighted by Gasteiger charge is -2.15. The molecule has 3 rings (SSSR count). The molecule has 3 aromatic rings. The van der Waals surface area contributed by atoms with Crippen molar-refractivity contribution >= 4 is 22.9 Å². The first-order valence-electron chi connectivity index (χ1n) is 8.34. The van der Waals surface area contributed by atoms with E-state index in [0.717, 1.165) is 0 Å². The van der Waals surface area contributed by atoms with Crippen molar-refractivity contribution in [3.05, 3.63) is 17.7 Å². The topological polar surface area (TPSA) is 161 Å². The zero-order valence-electron chi connectivity index (χ0n) is 14.9. The Labute approximate surface area is 154 Å². The van der Waals surface area contributed by atoms with Crippen LogP contribution < -0.4 is 15.4 Å². The number of aromatic amines is 1. The van der Waals surface area contributed by atoms with Crippen LogP contribution in [0.15, 0.2) is 12.1 Å². The van der Waals surface area contributed by atoms with E-state index in [9.17, 15) is 15.3 Å². The van der Waals surface area contributed by atoms with Crippen LogP contribution in [0, 0.1) is 0 Å². The first-order chi connectivity index (χ1) is 13.0. The van der Waals surface area contributed by atoms with E-state index in [1.54, 1.807) is 0 Å². The van der Waals surface area contributed by atoms with Gasteiger partial charge in [0.25, 0.3) is 0 Å². The Morgan fingerprint density at radius 1 is 1.22 bits per heavy atom. The minimum Gasteiger partial charge on any atom is -0.507 e. The van der Waals surface area contributed by atoms with E-state index < -0.39 is 0 Å². The molecule has 0 aliphatic heterocycles. The van der Waals surface area contributed by atoms with Gasteiger partial charge in [0.1, 0.15) is 5.75 Å². The van der Waals surface area contributed by atoms with Crippen molar-refractivity contribution < 1.29 is 20.1 Å². The van der Waals surface area contributed by atoms with Gasteiger partial charge in [-0.3, -0.25) is 0 Å². The summed E-state index contributed by atoms with van der Waals surface area (Å²) in [5.41, 5.74) is 1.29. The smallest absolute Gasteiger partial charge is 0.227 e. The molecule has 0 aliphatic rings. The normalized spacial score (nSPS) is 12.1. The zero-order chi connectivity index (χ0) is 19.4. The first-order valence-corrected chi connectivity index (χ1v) is 8.34. The molecule has 11 nitrogen and oxygen atoms in total. The molecule has 0 bridgehead atoms. The van der Waals surface area contributed by atoms with Crippen molar-refractivity contribution in [2.75, 3.05) is 24.4 Å². The van der Waals surface area contributed by atoms with E-state index in [1.165, 1.54) is 19.2 Å². The number of aromatic hydroxyl groups is 2. The fourth-order valence-corrected chi connectivity index (χ4v) is 2.48. The summed E-state index contributed by atoms with van der Waals surface area (Å²) in [6.45, 7) is 2.04. The van der Waals surface area contributed by atoms with Crippen molar-refractivity contribution in [1.82, 2.24) is 25.4 Å². The molecule has 0 spiro atoms. The molecule has 0 radical (unpaired) electrons. The monoisotopic (exact) mass is 375 g/mol. The molecule has 2 aromatic heterocycles. The summed E-state index contributed by atoms with van der Waals surface area (Å²) < 4.78 is 4.96. The number of rotatable bonds is 8. The van der Waals surface area contributed by atoms with Crippen molar-refractivity contribution in [2.45, 2.75) is 25.9 Å². The van der Waals surface area contributed by atoms with Crippen LogP contribution in [0.3, 0.4) is 0 Å². The molecule has 144 valence electrons. The number of nitrogens with zero attached hydrogens (tertiary/aromatic N) is 4. The standard InChI is InChI=1S/C16H21N7O4/c1-3-9(7-24)18-16-19-14(13-15(20-16)22-23-21-13)17-6-8-4-11(26)12(27-2)5-10(8)25/h4-5,9,24-26H,3,6-7H2,1-2H3,(H3,17,18,19,20,21,22,23). The number of phenolic OH excluding ortho intramolecular Hbond substituents is 2. The van der Waals surface area contributed by atoms with Crippen LogP contribution in [0.4, 0.5) is 11.8 Å². The number of nitrogens with one attached hydrogen (secondary N) is 3. The average molecular weight is 375 g/mol. The van der Waals surface area contributed by atoms with Gasteiger partial charge in [-0.1, -0.05) is 12.1 Å². The second-order valence-electron chi connectivity index (χ2n) is 5.84. The lowest BCUT2D eigenvalue weighted by Crippen LogP contribution is -2.24. The highest BCUT2D eigenvalue weighted by Gasteiger charge is 2.15. The lowest BCUT2D eigenvalue weighted by molar-refractivity contribution is 0.271. The molecule has 2 heterocycles. The van der Waals surface area contributed by atoms with Crippen LogP contribution >= 0.6 is 0 Å². The summed E-state index contributed by atoms with van der Waals surface area (Å²) >= 11 is 0. The van der Waals surface area contributed by atoms with Gasteiger partial charge in [0.05, 0.1) is 19.8 Å². The Hall–Kier alpha value is -3.34. The van der Waals surface area contributed by atoms with Gasteiger partial charge in [-0.2, -0.15) is 9.97 Å². The van der Waals surface area contributed by atoms with Crippen LogP contribution in [-0.2, 0) is 6.54 Å². The average Bonchev–Trinajstić information content (AvgIpc) is 3.14. The van der Waals surface area contributed by atoms with Crippen LogP contribution in [0.25, 0.3) is 11.2 Å². The molecular weight excluding hydrogens is 354 g/mol. The van der Waals surface area contributed by atoms with Gasteiger partial charge in [-0.25, -0.2) is 5.10 Å². The number of aliphatic hydroxyl groups excluding tert-OH is 1. The summed E-state index contributed by atoms with van der Waals surface area (Å²) in [7, 11) is 1.40. The minimum atomic E-state index is -0.186. The Morgan fingerprint density at radius 3 is 2.74 bits per heavy atom. The quantitative estimate of drug-likeness (QED) is 0.313. The number of hydrogen-bond donors (Lipinski definition) is 6. The fraction of sp³-hybridized carbons (Fsp3) is 0.375. The molecule has 0 amide bonds. The summed E-state index contributed by atoms with van der Waals surface area (Å²) in [5.74, 6) is 0.750. The van der Waals surface area contributed by atoms with Gasteiger partial charge < -0.3 is 30.7 Å². The third-order valence-electron chi connectivity index (χ3n) is 4.06. The van der Waals surface area contributed by atoms with Crippen LogP contribution in [0.5, 0.6) is 17.2 Å². The van der Waals surface area contributed by atoms with E-state index in [0.29, 0.717) is 34.9 Å². The minimum absolute atomic E-state index is 0.0349. The number of anilines is 2. The molecule has 0 saturated carbocycles. The van der Waals surface area contributed by atoms with E-state index in [-0.39, 0.29) is 36.4 Å². The maximum atomic E-state index is 10.1. The third-order valence-corrected chi connectivity index (χ3v) is 4.06. The zero-order valence-corrected chi connectivity index (χ0v) is 14.9. The molecule has 1 aromatic carbocycles. The van der Waals surface area contributed by atoms with Gasteiger partial charge >= 0.3 is 0 Å². The lowest BCUT2D eigenvalue weighted by atomic mass is 10.1. The molecule has 0 fully saturated rings. The van der Waals surface area contributed by atoms with Crippen molar-refractivity contribution in [3.8, 4) is 17.2 Å². The Morgan fingerprint density at radius 2 is 2.04 bits per heavy atom. The molecule has 11 heteroatoms. The molecule has 1 unspecified atom stereocenters. The first kappa shape index (κ1) is 18.5. The van der Waals surface area contributed by atoms with E-state index in [2.05, 4.69) is 36.0 Å². The second kappa shape index (κ2) is 7.91. The summed E-state index contributed by atoms with van der Waals surface area (Å²) in [6.07, 6.45) is 0.695. The summed E-state index contributed by atoms with van der Waals surface area (Å²) in [6, 6.07) is 2.55. The maximum absolute atomic E-state index is 10.1. The Bertz CT molecular complexity index is 927. The molecule has 1 atom stereocenters. The third kappa shape index (κ3) is 3.92. The number of aromatic nitrogens is 5. The highest BCUT2D eigenvalue weighted by atomic mass is 16.5. The number of hydrogen-bond acceptors (Lipinski definition) is 10. The predicted octanol–water partition coefficient (Wildman–Crippen LogP) is 0.963. The number of phenols is 2. The summed E-state index contributed by atoms with van der Waals surface area (Å²) in [4.78, 5) is 8.66. The van der Waals surface area contributed by atoms with Gasteiger partial charge in [0.15, 0.2) is 28.5 Å². The molecule has 27 heavy (non-hydrogen) atoms. The van der Waals surface area contributed by atoms with Crippen LogP contribution in [0.2, 0.25) is 0 Å². The SMILES string of the molecule is CCC(CO)Nc1nc(NCc2cc(O)c(OC)cc2O)c2nn[nH]c2n1. The molecular formula is C16H21N7O4. The maximum Gasteiger partial charge on any atom is 0.227 e. The van der Waals surface area contributed by atoms with E-state index in [1.807, 2.05) is 6.92 Å². The highest BCUT2D eigenvalue weighted by molar-refractivity contribution is 5.83. The number of aliphatic hydroxyl groups is 1. The molecule has 0 aliphatic carbocycles. The van der Waals surface area contributed by atoms with E-state index >= 15 is 0 Å². The van der Waals surface area contributed by atoms with Gasteiger partial charge in [-0.15, -0.1) is 5.10 Å². The highest BCUT2D eigenvalue weighted by Crippen LogP contribution is 2.33. The number of methoxy groups -OCH3 is 1. The molecule has 0 saturated heterocycles.